The number of hydrogen-bond donors (Lipinski definition) is 1. The molecule has 84 valence electrons. The van der Waals surface area contributed by atoms with Gasteiger partial charge >= 0.3 is 5.97 Å². The predicted octanol–water partition coefficient (Wildman–Crippen LogP) is 1.26. The van der Waals surface area contributed by atoms with E-state index in [-0.39, 0.29) is 6.42 Å². The molecule has 0 unspecified atom stereocenters. The first kappa shape index (κ1) is 12.1. The fourth-order valence-corrected chi connectivity index (χ4v) is 2.04. The number of aryl methyl sites for hydroxylation is 1. The van der Waals surface area contributed by atoms with Gasteiger partial charge in [0.25, 0.3) is 0 Å². The highest BCUT2D eigenvalue weighted by Crippen LogP contribution is 2.15. The smallest absolute Gasteiger partial charge is 0.303 e. The van der Waals surface area contributed by atoms with E-state index in [1.54, 1.807) is 17.5 Å². The lowest BCUT2D eigenvalue weighted by molar-refractivity contribution is -0.136. The molecule has 0 saturated carbocycles. The van der Waals surface area contributed by atoms with E-state index >= 15 is 0 Å². The second-order valence-corrected chi connectivity index (χ2v) is 4.87. The lowest BCUT2D eigenvalue weighted by Crippen LogP contribution is -2.14. The van der Waals surface area contributed by atoms with Crippen LogP contribution in [0.3, 0.4) is 0 Å². The summed E-state index contributed by atoms with van der Waals surface area (Å²) in [5, 5.41) is 9.62. The zero-order valence-electron chi connectivity index (χ0n) is 9.06. The molecule has 5 heteroatoms. The van der Waals surface area contributed by atoms with E-state index in [2.05, 4.69) is 9.88 Å². The minimum Gasteiger partial charge on any atom is -0.481 e. The van der Waals surface area contributed by atoms with E-state index in [0.717, 1.165) is 22.9 Å². The van der Waals surface area contributed by atoms with Crippen molar-refractivity contribution in [3.05, 3.63) is 16.1 Å². The maximum Gasteiger partial charge on any atom is 0.303 e. The van der Waals surface area contributed by atoms with Gasteiger partial charge < -0.3 is 10.0 Å². The molecular formula is C10H16N2O2S. The van der Waals surface area contributed by atoms with E-state index in [9.17, 15) is 4.79 Å². The summed E-state index contributed by atoms with van der Waals surface area (Å²) < 4.78 is 0. The number of aromatic nitrogens is 1. The number of carboxylic acid groups (broad SMARTS) is 1. The highest BCUT2D eigenvalue weighted by molar-refractivity contribution is 7.11. The predicted molar refractivity (Wildman–Crippen MR) is 60.3 cm³/mol. The number of carboxylic acids is 1. The summed E-state index contributed by atoms with van der Waals surface area (Å²) in [7, 11) is 4.05. The molecule has 0 aliphatic heterocycles. The van der Waals surface area contributed by atoms with Gasteiger partial charge in [-0.15, -0.1) is 11.3 Å². The Labute approximate surface area is 93.6 Å². The van der Waals surface area contributed by atoms with Crippen LogP contribution in [0.4, 0.5) is 0 Å². The Balaban J connectivity index is 2.38. The molecule has 1 aromatic heterocycles. The van der Waals surface area contributed by atoms with Crippen LogP contribution >= 0.6 is 11.3 Å². The lowest BCUT2D eigenvalue weighted by Gasteiger charge is -2.06. The van der Waals surface area contributed by atoms with Crippen molar-refractivity contribution in [2.24, 2.45) is 0 Å². The van der Waals surface area contributed by atoms with Crippen LogP contribution in [0.2, 0.25) is 0 Å². The summed E-state index contributed by atoms with van der Waals surface area (Å²) in [6, 6.07) is 0. The Morgan fingerprint density at radius 1 is 1.53 bits per heavy atom. The molecule has 0 aliphatic carbocycles. The fraction of sp³-hybridized carbons (Fsp3) is 0.600. The third kappa shape index (κ3) is 4.90. The zero-order valence-corrected chi connectivity index (χ0v) is 9.88. The van der Waals surface area contributed by atoms with Crippen LogP contribution in [0.25, 0.3) is 0 Å². The zero-order chi connectivity index (χ0) is 11.3. The molecule has 0 atom stereocenters. The van der Waals surface area contributed by atoms with Crippen molar-refractivity contribution in [1.29, 1.82) is 0 Å². The molecule has 4 nitrogen and oxygen atoms in total. The van der Waals surface area contributed by atoms with E-state index in [1.807, 2.05) is 14.1 Å². The molecule has 1 aromatic rings. The number of hydrogen-bond acceptors (Lipinski definition) is 4. The highest BCUT2D eigenvalue weighted by Gasteiger charge is 2.04. The molecule has 0 saturated heterocycles. The Kier molecular flexibility index (Phi) is 4.71. The maximum absolute atomic E-state index is 10.4. The summed E-state index contributed by atoms with van der Waals surface area (Å²) >= 11 is 1.62. The van der Waals surface area contributed by atoms with Crippen molar-refractivity contribution in [2.45, 2.75) is 19.3 Å². The van der Waals surface area contributed by atoms with Gasteiger partial charge in [0.15, 0.2) is 0 Å². The maximum atomic E-state index is 10.4. The Morgan fingerprint density at radius 3 is 2.87 bits per heavy atom. The summed E-state index contributed by atoms with van der Waals surface area (Å²) in [6.07, 6.45) is 3.51. The lowest BCUT2D eigenvalue weighted by atomic mass is 10.3. The quantitative estimate of drug-likeness (QED) is 0.796. The second-order valence-electron chi connectivity index (χ2n) is 3.67. The van der Waals surface area contributed by atoms with Crippen LogP contribution in [-0.2, 0) is 17.6 Å². The van der Waals surface area contributed by atoms with E-state index < -0.39 is 5.97 Å². The average Bonchev–Trinajstić information content (AvgIpc) is 2.59. The minimum absolute atomic E-state index is 0.190. The van der Waals surface area contributed by atoms with Gasteiger partial charge in [0.2, 0.25) is 0 Å². The van der Waals surface area contributed by atoms with E-state index in [0.29, 0.717) is 6.42 Å². The van der Waals surface area contributed by atoms with Crippen molar-refractivity contribution in [2.75, 3.05) is 20.6 Å². The summed E-state index contributed by atoms with van der Waals surface area (Å²) in [6.45, 7) is 0.978. The van der Waals surface area contributed by atoms with Crippen LogP contribution in [-0.4, -0.2) is 41.6 Å². The molecule has 0 spiro atoms. The van der Waals surface area contributed by atoms with Gasteiger partial charge in [-0.1, -0.05) is 0 Å². The number of aliphatic carboxylic acids is 1. The first-order valence-corrected chi connectivity index (χ1v) is 5.69. The molecule has 0 fully saturated rings. The van der Waals surface area contributed by atoms with Gasteiger partial charge in [-0.2, -0.15) is 0 Å². The van der Waals surface area contributed by atoms with E-state index in [4.69, 9.17) is 5.11 Å². The summed E-state index contributed by atoms with van der Waals surface area (Å²) in [5.74, 6) is -0.752. The number of rotatable bonds is 6. The molecular weight excluding hydrogens is 212 g/mol. The van der Waals surface area contributed by atoms with E-state index in [1.165, 1.54) is 0 Å². The molecule has 1 rings (SSSR count). The monoisotopic (exact) mass is 228 g/mol. The molecule has 1 heterocycles. The van der Waals surface area contributed by atoms with Crippen LogP contribution in [0, 0.1) is 0 Å². The number of carbonyl (C=O) groups is 1. The Morgan fingerprint density at radius 2 is 2.27 bits per heavy atom. The molecule has 0 aliphatic rings. The highest BCUT2D eigenvalue weighted by atomic mass is 32.1. The van der Waals surface area contributed by atoms with Gasteiger partial charge in [0.1, 0.15) is 0 Å². The topological polar surface area (TPSA) is 53.4 Å². The van der Waals surface area contributed by atoms with Crippen molar-refractivity contribution in [1.82, 2.24) is 9.88 Å². The number of nitrogens with zero attached hydrogens (tertiary/aromatic N) is 2. The molecule has 15 heavy (non-hydrogen) atoms. The van der Waals surface area contributed by atoms with Crippen molar-refractivity contribution < 1.29 is 9.90 Å². The van der Waals surface area contributed by atoms with Crippen LogP contribution in [0.15, 0.2) is 6.20 Å². The Bertz CT molecular complexity index is 323. The largest absolute Gasteiger partial charge is 0.481 e. The second kappa shape index (κ2) is 5.82. The third-order valence-corrected chi connectivity index (χ3v) is 3.08. The van der Waals surface area contributed by atoms with Gasteiger partial charge in [-0.05, 0) is 20.5 Å². The molecule has 0 bridgehead atoms. The van der Waals surface area contributed by atoms with Crippen molar-refractivity contribution >= 4 is 17.3 Å². The number of thiazole rings is 1. The molecule has 0 amide bonds. The summed E-state index contributed by atoms with van der Waals surface area (Å²) in [4.78, 5) is 17.8. The van der Waals surface area contributed by atoms with Crippen molar-refractivity contribution in [3.63, 3.8) is 0 Å². The Hall–Kier alpha value is -0.940. The fourth-order valence-electron chi connectivity index (χ4n) is 1.13. The van der Waals surface area contributed by atoms with Crippen molar-refractivity contribution in [3.8, 4) is 0 Å². The first-order chi connectivity index (χ1) is 7.08. The summed E-state index contributed by atoms with van der Waals surface area (Å²) in [5.41, 5.74) is 0. The van der Waals surface area contributed by atoms with Crippen LogP contribution < -0.4 is 0 Å². The SMILES string of the molecule is CN(C)CCc1ncc(CCC(=O)O)s1. The van der Waals surface area contributed by atoms with Gasteiger partial charge in [0.05, 0.1) is 11.4 Å². The molecule has 0 aromatic carbocycles. The third-order valence-electron chi connectivity index (χ3n) is 1.96. The average molecular weight is 228 g/mol. The normalized spacial score (nSPS) is 10.9. The minimum atomic E-state index is -0.752. The molecule has 1 N–H and O–H groups in total. The first-order valence-electron chi connectivity index (χ1n) is 4.88. The van der Waals surface area contributed by atoms with Gasteiger partial charge in [-0.3, -0.25) is 4.79 Å². The number of likely N-dealkylation sites (N-methyl/N-ethyl adjacent to an activating group) is 1. The molecule has 0 radical (unpaired) electrons. The van der Waals surface area contributed by atoms with Gasteiger partial charge in [0, 0.05) is 24.0 Å². The standard InChI is InChI=1S/C10H16N2O2S/c1-12(2)6-5-9-11-7-8(15-9)3-4-10(13)14/h7H,3-6H2,1-2H3,(H,13,14). The van der Waals surface area contributed by atoms with Crippen LogP contribution in [0.1, 0.15) is 16.3 Å². The van der Waals surface area contributed by atoms with Crippen LogP contribution in [0.5, 0.6) is 0 Å². The van der Waals surface area contributed by atoms with Gasteiger partial charge in [-0.25, -0.2) is 4.98 Å².